The molecule has 2 saturated carbocycles. The van der Waals surface area contributed by atoms with Gasteiger partial charge >= 0.3 is 11.9 Å². The molecule has 8 rings (SSSR count). The monoisotopic (exact) mass is 844 g/mol. The van der Waals surface area contributed by atoms with Gasteiger partial charge in [0.1, 0.15) is 11.1 Å². The first-order valence-electron chi connectivity index (χ1n) is 21.0. The third kappa shape index (κ3) is 7.79. The van der Waals surface area contributed by atoms with Gasteiger partial charge in [0.2, 0.25) is 0 Å². The van der Waals surface area contributed by atoms with E-state index in [4.69, 9.17) is 29.5 Å². The molecule has 4 heterocycles. The summed E-state index contributed by atoms with van der Waals surface area (Å²) in [6.07, 6.45) is 9.01. The molecule has 2 fully saturated rings. The second kappa shape index (κ2) is 17.1. The quantitative estimate of drug-likeness (QED) is 0.129. The van der Waals surface area contributed by atoms with Crippen molar-refractivity contribution in [2.24, 2.45) is 10.8 Å². The number of hydrogen-bond donors (Lipinski definition) is 2. The Morgan fingerprint density at radius 1 is 0.661 bits per heavy atom. The summed E-state index contributed by atoms with van der Waals surface area (Å²) in [6.45, 7) is 9.59. The molecule has 14 heteroatoms. The minimum atomic E-state index is -1.21. The smallest absolute Gasteiger partial charge is 0.341 e. The Morgan fingerprint density at radius 3 is 1.39 bits per heavy atom. The van der Waals surface area contributed by atoms with Crippen molar-refractivity contribution in [2.45, 2.75) is 103 Å². The number of rotatable bonds is 12. The molecule has 2 aliphatic carbocycles. The number of hydrogen-bond acceptors (Lipinski definition) is 10. The van der Waals surface area contributed by atoms with E-state index < -0.39 is 22.8 Å². The maximum atomic E-state index is 12.5. The molecular formula is C48H52N4O10. The molecule has 0 spiro atoms. The van der Waals surface area contributed by atoms with Crippen LogP contribution in [0.1, 0.15) is 135 Å². The van der Waals surface area contributed by atoms with E-state index >= 15 is 0 Å². The number of aromatic nitrogens is 2. The lowest BCUT2D eigenvalue weighted by Gasteiger charge is -2.40. The third-order valence-electron chi connectivity index (χ3n) is 13.2. The minimum Gasteiger partial charge on any atom is -0.493 e. The number of carboxylic acid groups (broad SMARTS) is 2. The fourth-order valence-corrected chi connectivity index (χ4v) is 10.3. The predicted octanol–water partition coefficient (Wildman–Crippen LogP) is 8.73. The first kappa shape index (κ1) is 43.5. The van der Waals surface area contributed by atoms with Crippen molar-refractivity contribution >= 4 is 11.9 Å². The molecule has 2 aromatic heterocycles. The fraction of sp³-hybridized carbons (Fsp3) is 0.458. The summed E-state index contributed by atoms with van der Waals surface area (Å²) in [5.41, 5.74) is 3.78. The van der Waals surface area contributed by atoms with E-state index in [-0.39, 0.29) is 45.9 Å². The molecule has 4 aromatic rings. The van der Waals surface area contributed by atoms with Crippen LogP contribution in [0.3, 0.4) is 0 Å². The van der Waals surface area contributed by atoms with Crippen molar-refractivity contribution in [2.75, 3.05) is 27.4 Å². The van der Waals surface area contributed by atoms with Gasteiger partial charge in [-0.2, -0.15) is 10.5 Å². The van der Waals surface area contributed by atoms with Gasteiger partial charge in [-0.15, -0.1) is 0 Å². The number of benzene rings is 2. The number of nitrogens with zero attached hydrogens (tertiary/aromatic N) is 4. The van der Waals surface area contributed by atoms with Crippen molar-refractivity contribution in [3.8, 4) is 57.7 Å². The van der Waals surface area contributed by atoms with Crippen LogP contribution < -0.4 is 29.8 Å². The van der Waals surface area contributed by atoms with Gasteiger partial charge in [0, 0.05) is 72.4 Å². The number of aromatic carboxylic acids is 2. The SMILES string of the molecule is COc1cc2c(cc1OCCCC#N)[C@@H]1CCC(C)(C)[C@@H]1n1cc(C(=O)O)c(=O)cc1-2.COc1cc2c(cc1OCCCC#N)[C@H]1CCC(C)(C)[C@H]1n1cc(C(=O)O)c(=O)cc1-2. The van der Waals surface area contributed by atoms with E-state index in [1.807, 2.05) is 33.4 Å². The number of ether oxygens (including phenoxy) is 4. The summed E-state index contributed by atoms with van der Waals surface area (Å²) in [6, 6.07) is 14.9. The molecule has 2 aliphatic heterocycles. The maximum absolute atomic E-state index is 12.5. The molecular weight excluding hydrogens is 793 g/mol. The fourth-order valence-electron chi connectivity index (χ4n) is 10.3. The number of fused-ring (bicyclic) bond motifs is 12. The van der Waals surface area contributed by atoms with Gasteiger partial charge in [-0.3, -0.25) is 9.59 Å². The second-order valence-corrected chi connectivity index (χ2v) is 17.9. The van der Waals surface area contributed by atoms with Gasteiger partial charge in [0.25, 0.3) is 0 Å². The molecule has 4 aliphatic rings. The molecule has 324 valence electrons. The molecule has 0 bridgehead atoms. The summed E-state index contributed by atoms with van der Waals surface area (Å²) < 4.78 is 27.0. The molecule has 2 N–H and O–H groups in total. The van der Waals surface area contributed by atoms with Crippen LogP contribution in [0.2, 0.25) is 0 Å². The zero-order valence-corrected chi connectivity index (χ0v) is 35.9. The Labute approximate surface area is 359 Å². The van der Waals surface area contributed by atoms with Crippen LogP contribution in [-0.4, -0.2) is 58.7 Å². The third-order valence-corrected chi connectivity index (χ3v) is 13.2. The normalized spacial score (nSPS) is 20.2. The maximum Gasteiger partial charge on any atom is 0.341 e. The highest BCUT2D eigenvalue weighted by Gasteiger charge is 2.49. The van der Waals surface area contributed by atoms with Crippen LogP contribution >= 0.6 is 0 Å². The van der Waals surface area contributed by atoms with Crippen LogP contribution in [0, 0.1) is 33.5 Å². The van der Waals surface area contributed by atoms with E-state index in [2.05, 4.69) is 39.8 Å². The number of methoxy groups -OCH3 is 2. The van der Waals surface area contributed by atoms with Crippen molar-refractivity contribution in [1.29, 1.82) is 10.5 Å². The predicted molar refractivity (Wildman–Crippen MR) is 230 cm³/mol. The Bertz CT molecular complexity index is 2460. The highest BCUT2D eigenvalue weighted by Crippen LogP contribution is 2.61. The zero-order valence-electron chi connectivity index (χ0n) is 35.9. The van der Waals surface area contributed by atoms with Gasteiger partial charge in [-0.25, -0.2) is 9.59 Å². The Balaban J connectivity index is 0.000000186. The van der Waals surface area contributed by atoms with Gasteiger partial charge < -0.3 is 38.3 Å². The van der Waals surface area contributed by atoms with Gasteiger partial charge in [-0.1, -0.05) is 27.7 Å². The van der Waals surface area contributed by atoms with Crippen LogP contribution in [0.4, 0.5) is 0 Å². The number of unbranched alkanes of at least 4 members (excludes halogenated alkanes) is 2. The summed E-state index contributed by atoms with van der Waals surface area (Å²) in [5.74, 6) is 0.277. The molecule has 0 amide bonds. The molecule has 14 nitrogen and oxygen atoms in total. The lowest BCUT2D eigenvalue weighted by Crippen LogP contribution is -2.32. The Kier molecular flexibility index (Phi) is 12.0. The Hall–Kier alpha value is -6.54. The van der Waals surface area contributed by atoms with Crippen LogP contribution in [0.5, 0.6) is 23.0 Å². The van der Waals surface area contributed by atoms with Crippen molar-refractivity contribution < 1.29 is 38.7 Å². The molecule has 2 aromatic carbocycles. The van der Waals surface area contributed by atoms with Crippen molar-refractivity contribution in [3.63, 3.8) is 0 Å². The molecule has 4 atom stereocenters. The Morgan fingerprint density at radius 2 is 1.05 bits per heavy atom. The van der Waals surface area contributed by atoms with E-state index in [1.165, 1.54) is 24.5 Å². The van der Waals surface area contributed by atoms with Gasteiger partial charge in [-0.05, 0) is 84.7 Å². The standard InChI is InChI=1S/2C24H26N2O5/c2*1-24(2)7-6-14-15-10-21(31-9-5-4-8-25)20(30-3)11-16(15)18-12-19(27)17(23(28)29)13-26(18)22(14)24/h2*10-14,22H,4-7,9H2,1-3H3,(H,28,29)/t2*14-,22+/m10/s1. The van der Waals surface area contributed by atoms with E-state index in [0.717, 1.165) is 47.9 Å². The van der Waals surface area contributed by atoms with Gasteiger partial charge in [0.15, 0.2) is 33.9 Å². The van der Waals surface area contributed by atoms with Crippen molar-refractivity contribution in [1.82, 2.24) is 9.13 Å². The average Bonchev–Trinajstić information content (AvgIpc) is 3.74. The van der Waals surface area contributed by atoms with E-state index in [9.17, 15) is 29.4 Å². The first-order valence-corrected chi connectivity index (χ1v) is 21.0. The largest absolute Gasteiger partial charge is 0.493 e. The molecule has 62 heavy (non-hydrogen) atoms. The van der Waals surface area contributed by atoms with Crippen LogP contribution in [-0.2, 0) is 0 Å². The second-order valence-electron chi connectivity index (χ2n) is 17.9. The van der Waals surface area contributed by atoms with Crippen LogP contribution in [0.25, 0.3) is 22.5 Å². The highest BCUT2D eigenvalue weighted by atomic mass is 16.5. The van der Waals surface area contributed by atoms with E-state index in [0.29, 0.717) is 73.3 Å². The average molecular weight is 845 g/mol. The minimum absolute atomic E-state index is 0.0357. The number of carbonyl (C=O) groups is 2. The first-order chi connectivity index (χ1) is 29.6. The van der Waals surface area contributed by atoms with Crippen LogP contribution in [0.15, 0.2) is 58.4 Å². The zero-order chi connectivity index (χ0) is 44.7. The summed E-state index contributed by atoms with van der Waals surface area (Å²) in [7, 11) is 3.13. The van der Waals surface area contributed by atoms with E-state index in [1.54, 1.807) is 14.2 Å². The molecule has 0 saturated heterocycles. The summed E-state index contributed by atoms with van der Waals surface area (Å²) in [4.78, 5) is 48.3. The number of nitriles is 2. The summed E-state index contributed by atoms with van der Waals surface area (Å²) in [5, 5.41) is 36.5. The number of carboxylic acids is 2. The molecule has 0 unspecified atom stereocenters. The lowest BCUT2D eigenvalue weighted by molar-refractivity contribution is 0.0683. The lowest BCUT2D eigenvalue weighted by atomic mass is 9.77. The highest BCUT2D eigenvalue weighted by molar-refractivity contribution is 5.88. The molecule has 0 radical (unpaired) electrons. The topological polar surface area (TPSA) is 203 Å². The summed E-state index contributed by atoms with van der Waals surface area (Å²) >= 11 is 0. The number of pyridine rings is 2. The van der Waals surface area contributed by atoms with Gasteiger partial charge in [0.05, 0.1) is 51.0 Å². The van der Waals surface area contributed by atoms with Crippen molar-refractivity contribution in [3.05, 3.63) is 91.5 Å².